The average molecular weight is 589 g/mol. The summed E-state index contributed by atoms with van der Waals surface area (Å²) >= 11 is 6.75. The molecule has 0 saturated carbocycles. The Morgan fingerprint density at radius 2 is 1.44 bits per heavy atom. The molecular weight excluding hydrogens is 540 g/mol. The Balaban J connectivity index is 1.65. The quantitative estimate of drug-likeness (QED) is 0.176. The van der Waals surface area contributed by atoms with E-state index in [2.05, 4.69) is 45.0 Å². The maximum absolute atomic E-state index is 6.99. The SMILES string of the molecule is CCCCO[C@@H]1[C@@H](OCCCC)[C@H](OCCCC)C2(COC2)O[C@H]1c1ccc(Cl)c(Cc2ccc(OCC)cc2)c1. The number of hydrogen-bond acceptors (Lipinski definition) is 6. The summed E-state index contributed by atoms with van der Waals surface area (Å²) in [4.78, 5) is 0. The molecule has 2 heterocycles. The summed E-state index contributed by atoms with van der Waals surface area (Å²) in [5.74, 6) is 0.872. The van der Waals surface area contributed by atoms with E-state index in [1.807, 2.05) is 25.1 Å². The van der Waals surface area contributed by atoms with Crippen molar-refractivity contribution in [2.45, 2.75) is 103 Å². The largest absolute Gasteiger partial charge is 0.494 e. The zero-order valence-corrected chi connectivity index (χ0v) is 26.1. The fraction of sp³-hybridized carbons (Fsp3) is 0.647. The molecule has 2 aromatic rings. The molecule has 4 atom stereocenters. The predicted octanol–water partition coefficient (Wildman–Crippen LogP) is 7.73. The Labute approximate surface area is 251 Å². The van der Waals surface area contributed by atoms with E-state index in [0.29, 0.717) is 46.1 Å². The van der Waals surface area contributed by atoms with Crippen molar-refractivity contribution in [3.8, 4) is 5.75 Å². The van der Waals surface area contributed by atoms with Crippen molar-refractivity contribution in [3.05, 3.63) is 64.2 Å². The summed E-state index contributed by atoms with van der Waals surface area (Å²) in [6.07, 6.45) is 5.70. The fourth-order valence-corrected chi connectivity index (χ4v) is 5.70. The maximum atomic E-state index is 6.99. The van der Waals surface area contributed by atoms with Crippen molar-refractivity contribution >= 4 is 11.6 Å². The summed E-state index contributed by atoms with van der Waals surface area (Å²) in [6.45, 7) is 12.1. The molecule has 2 aliphatic heterocycles. The highest BCUT2D eigenvalue weighted by Crippen LogP contribution is 2.46. The first-order chi connectivity index (χ1) is 20.0. The molecule has 2 fully saturated rings. The first-order valence-corrected chi connectivity index (χ1v) is 16.0. The van der Waals surface area contributed by atoms with E-state index in [4.69, 9.17) is 40.0 Å². The summed E-state index contributed by atoms with van der Waals surface area (Å²) in [5, 5.41) is 0.736. The third kappa shape index (κ3) is 8.25. The van der Waals surface area contributed by atoms with Gasteiger partial charge in [0.25, 0.3) is 0 Å². The Morgan fingerprint density at radius 3 is 2.02 bits per heavy atom. The molecule has 0 radical (unpaired) electrons. The molecule has 2 aromatic carbocycles. The van der Waals surface area contributed by atoms with Crippen LogP contribution in [0.3, 0.4) is 0 Å². The number of unbranched alkanes of at least 4 members (excludes halogenated alkanes) is 3. The van der Waals surface area contributed by atoms with Crippen LogP contribution in [0, 0.1) is 0 Å². The topological polar surface area (TPSA) is 55.4 Å². The zero-order chi connectivity index (χ0) is 29.1. The Bertz CT molecular complexity index is 1040. The van der Waals surface area contributed by atoms with E-state index in [9.17, 15) is 0 Å². The van der Waals surface area contributed by atoms with Gasteiger partial charge in [0, 0.05) is 24.8 Å². The average Bonchev–Trinajstić information content (AvgIpc) is 2.96. The van der Waals surface area contributed by atoms with E-state index in [1.165, 1.54) is 5.56 Å². The molecule has 0 unspecified atom stereocenters. The molecule has 7 heteroatoms. The number of halogens is 1. The molecule has 6 nitrogen and oxygen atoms in total. The fourth-order valence-electron chi connectivity index (χ4n) is 5.51. The van der Waals surface area contributed by atoms with Gasteiger partial charge in [0.1, 0.15) is 35.8 Å². The highest BCUT2D eigenvalue weighted by atomic mass is 35.5. The van der Waals surface area contributed by atoms with Gasteiger partial charge in [-0.3, -0.25) is 0 Å². The van der Waals surface area contributed by atoms with Gasteiger partial charge >= 0.3 is 0 Å². The van der Waals surface area contributed by atoms with Gasteiger partial charge in [0.05, 0.1) is 19.8 Å². The van der Waals surface area contributed by atoms with Gasteiger partial charge in [0.2, 0.25) is 0 Å². The van der Waals surface area contributed by atoms with Crippen LogP contribution in [0.4, 0.5) is 0 Å². The summed E-state index contributed by atoms with van der Waals surface area (Å²) in [7, 11) is 0. The monoisotopic (exact) mass is 588 g/mol. The second-order valence-corrected chi connectivity index (χ2v) is 11.6. The number of rotatable bonds is 17. The van der Waals surface area contributed by atoms with E-state index in [1.54, 1.807) is 0 Å². The normalized spacial score (nSPS) is 23.4. The van der Waals surface area contributed by atoms with E-state index < -0.39 is 5.60 Å². The van der Waals surface area contributed by atoms with Crippen LogP contribution < -0.4 is 4.74 Å². The molecule has 2 saturated heterocycles. The first kappa shape index (κ1) is 32.2. The van der Waals surface area contributed by atoms with Crippen molar-refractivity contribution in [1.29, 1.82) is 0 Å². The Kier molecular flexibility index (Phi) is 12.8. The molecule has 0 amide bonds. The lowest BCUT2D eigenvalue weighted by molar-refractivity contribution is -0.352. The minimum atomic E-state index is -0.561. The molecule has 0 aliphatic carbocycles. The molecule has 1 spiro atoms. The lowest BCUT2D eigenvalue weighted by Gasteiger charge is -2.56. The summed E-state index contributed by atoms with van der Waals surface area (Å²) in [5.41, 5.74) is 2.70. The first-order valence-electron chi connectivity index (χ1n) is 15.7. The van der Waals surface area contributed by atoms with Crippen LogP contribution in [0.15, 0.2) is 42.5 Å². The highest BCUT2D eigenvalue weighted by Gasteiger charge is 2.60. The molecule has 0 N–H and O–H groups in total. The maximum Gasteiger partial charge on any atom is 0.144 e. The van der Waals surface area contributed by atoms with Crippen LogP contribution >= 0.6 is 11.6 Å². The smallest absolute Gasteiger partial charge is 0.144 e. The van der Waals surface area contributed by atoms with E-state index >= 15 is 0 Å². The van der Waals surface area contributed by atoms with Gasteiger partial charge in [-0.2, -0.15) is 0 Å². The zero-order valence-electron chi connectivity index (χ0n) is 25.4. The van der Waals surface area contributed by atoms with Crippen molar-refractivity contribution in [2.75, 3.05) is 39.6 Å². The third-order valence-corrected chi connectivity index (χ3v) is 8.30. The van der Waals surface area contributed by atoms with Crippen LogP contribution in [0.25, 0.3) is 0 Å². The van der Waals surface area contributed by atoms with Crippen LogP contribution in [0.5, 0.6) is 5.75 Å². The minimum Gasteiger partial charge on any atom is -0.494 e. The van der Waals surface area contributed by atoms with Crippen molar-refractivity contribution in [1.82, 2.24) is 0 Å². The van der Waals surface area contributed by atoms with Gasteiger partial charge in [-0.05, 0) is 67.5 Å². The number of hydrogen-bond donors (Lipinski definition) is 0. The minimum absolute atomic E-state index is 0.252. The molecule has 228 valence electrons. The predicted molar refractivity (Wildman–Crippen MR) is 163 cm³/mol. The van der Waals surface area contributed by atoms with Crippen molar-refractivity contribution < 1.29 is 28.4 Å². The summed E-state index contributed by atoms with van der Waals surface area (Å²) < 4.78 is 38.2. The molecule has 2 aliphatic rings. The van der Waals surface area contributed by atoms with Gasteiger partial charge in [-0.15, -0.1) is 0 Å². The number of ether oxygens (including phenoxy) is 6. The van der Waals surface area contributed by atoms with Gasteiger partial charge in [-0.25, -0.2) is 0 Å². The van der Waals surface area contributed by atoms with E-state index in [0.717, 1.165) is 60.4 Å². The van der Waals surface area contributed by atoms with Crippen LogP contribution in [-0.2, 0) is 30.1 Å². The molecule has 0 aromatic heterocycles. The van der Waals surface area contributed by atoms with Crippen LogP contribution in [0.2, 0.25) is 5.02 Å². The van der Waals surface area contributed by atoms with Crippen LogP contribution in [0.1, 0.15) is 89.0 Å². The molecular formula is C34H49ClO6. The Hall–Kier alpha value is -1.67. The number of benzene rings is 2. The standard InChI is InChI=1S/C34H49ClO6/c1-5-9-18-38-31-30(26-14-17-29(35)27(22-26)21-25-12-15-28(16-13-25)37-8-4)41-34(23-36-24-34)33(40-20-11-7-3)32(31)39-19-10-6-2/h12-17,22,30-33H,5-11,18-21,23-24H2,1-4H3/t30-,31-,32+,33-/m0/s1. The highest BCUT2D eigenvalue weighted by molar-refractivity contribution is 6.31. The van der Waals surface area contributed by atoms with Crippen molar-refractivity contribution in [3.63, 3.8) is 0 Å². The van der Waals surface area contributed by atoms with Gasteiger partial charge < -0.3 is 28.4 Å². The summed E-state index contributed by atoms with van der Waals surface area (Å²) in [6, 6.07) is 14.4. The van der Waals surface area contributed by atoms with Gasteiger partial charge in [0.15, 0.2) is 0 Å². The lowest BCUT2D eigenvalue weighted by Crippen LogP contribution is -2.71. The lowest BCUT2D eigenvalue weighted by atomic mass is 9.81. The van der Waals surface area contributed by atoms with Gasteiger partial charge in [-0.1, -0.05) is 75.9 Å². The third-order valence-electron chi connectivity index (χ3n) is 7.93. The molecule has 41 heavy (non-hydrogen) atoms. The van der Waals surface area contributed by atoms with E-state index in [-0.39, 0.29) is 24.4 Å². The molecule has 0 bridgehead atoms. The van der Waals surface area contributed by atoms with Crippen LogP contribution in [-0.4, -0.2) is 63.6 Å². The Morgan fingerprint density at radius 1 is 0.805 bits per heavy atom. The second-order valence-electron chi connectivity index (χ2n) is 11.2. The van der Waals surface area contributed by atoms with Crippen molar-refractivity contribution in [2.24, 2.45) is 0 Å². The second kappa shape index (κ2) is 16.3. The molecule has 4 rings (SSSR count).